The number of methoxy groups -OCH3 is 1. The number of benzene rings is 3. The molecular formula is C22H23NO3. The molecular weight excluding hydrogens is 326 g/mol. The molecule has 0 bridgehead atoms. The Balaban J connectivity index is 1.77. The van der Waals surface area contributed by atoms with E-state index in [0.29, 0.717) is 6.61 Å². The van der Waals surface area contributed by atoms with Gasteiger partial charge in [0.25, 0.3) is 0 Å². The number of carbonyl (C=O) groups is 1. The number of hydrogen-bond donors (Lipinski definition) is 1. The van der Waals surface area contributed by atoms with Crippen molar-refractivity contribution < 1.29 is 14.3 Å². The van der Waals surface area contributed by atoms with Crippen molar-refractivity contribution in [3.05, 3.63) is 66.2 Å². The van der Waals surface area contributed by atoms with Gasteiger partial charge in [0.05, 0.1) is 19.6 Å². The van der Waals surface area contributed by atoms with Crippen molar-refractivity contribution in [3.63, 3.8) is 0 Å². The number of hydrogen-bond acceptors (Lipinski definition) is 3. The Morgan fingerprint density at radius 3 is 2.54 bits per heavy atom. The summed E-state index contributed by atoms with van der Waals surface area (Å²) < 4.78 is 10.7. The minimum atomic E-state index is -0.266. The summed E-state index contributed by atoms with van der Waals surface area (Å²) in [5, 5.41) is 5.14. The molecule has 0 radical (unpaired) electrons. The molecule has 0 fully saturated rings. The molecule has 0 saturated heterocycles. The molecule has 3 aromatic carbocycles. The fraction of sp³-hybridized carbons (Fsp3) is 0.227. The molecule has 26 heavy (non-hydrogen) atoms. The summed E-state index contributed by atoms with van der Waals surface area (Å²) in [5.74, 6) is 1.26. The summed E-state index contributed by atoms with van der Waals surface area (Å²) in [4.78, 5) is 12.6. The van der Waals surface area contributed by atoms with E-state index >= 15 is 0 Å². The maximum absolute atomic E-state index is 12.6. The van der Waals surface area contributed by atoms with Gasteiger partial charge in [-0.1, -0.05) is 30.3 Å². The topological polar surface area (TPSA) is 47.6 Å². The molecule has 3 rings (SSSR count). The number of fused-ring (bicyclic) bond motifs is 1. The summed E-state index contributed by atoms with van der Waals surface area (Å²) >= 11 is 0. The van der Waals surface area contributed by atoms with Gasteiger partial charge in [-0.25, -0.2) is 0 Å². The Hall–Kier alpha value is -3.01. The van der Waals surface area contributed by atoms with Crippen molar-refractivity contribution in [1.29, 1.82) is 0 Å². The minimum Gasteiger partial charge on any atom is -0.497 e. The lowest BCUT2D eigenvalue weighted by Crippen LogP contribution is -2.18. The lowest BCUT2D eigenvalue weighted by Gasteiger charge is -2.14. The summed E-state index contributed by atoms with van der Waals surface area (Å²) in [6.07, 6.45) is 0. The molecule has 0 saturated carbocycles. The second kappa shape index (κ2) is 7.91. The zero-order valence-corrected chi connectivity index (χ0v) is 15.3. The largest absolute Gasteiger partial charge is 0.497 e. The third-order valence-electron chi connectivity index (χ3n) is 4.38. The average Bonchev–Trinajstić information content (AvgIpc) is 2.67. The zero-order chi connectivity index (χ0) is 18.5. The van der Waals surface area contributed by atoms with Gasteiger partial charge >= 0.3 is 0 Å². The molecule has 3 aromatic rings. The molecule has 0 unspecified atom stereocenters. The van der Waals surface area contributed by atoms with Crippen molar-refractivity contribution in [1.82, 2.24) is 0 Å². The van der Waals surface area contributed by atoms with E-state index < -0.39 is 0 Å². The lowest BCUT2D eigenvalue weighted by molar-refractivity contribution is -0.117. The van der Waals surface area contributed by atoms with Crippen LogP contribution in [0.2, 0.25) is 0 Å². The van der Waals surface area contributed by atoms with Crippen molar-refractivity contribution in [2.75, 3.05) is 19.0 Å². The normalized spacial score (nSPS) is 11.8. The minimum absolute atomic E-state index is 0.0495. The summed E-state index contributed by atoms with van der Waals surface area (Å²) in [6, 6.07) is 19.4. The van der Waals surface area contributed by atoms with Gasteiger partial charge in [0.1, 0.15) is 11.5 Å². The smallest absolute Gasteiger partial charge is 0.231 e. The maximum atomic E-state index is 12.6. The first-order valence-corrected chi connectivity index (χ1v) is 8.72. The van der Waals surface area contributed by atoms with Gasteiger partial charge in [-0.05, 0) is 54.4 Å². The number of rotatable bonds is 6. The van der Waals surface area contributed by atoms with Crippen LogP contribution in [-0.4, -0.2) is 19.6 Å². The fourth-order valence-electron chi connectivity index (χ4n) is 2.87. The van der Waals surface area contributed by atoms with E-state index in [2.05, 4.69) is 11.4 Å². The molecule has 0 heterocycles. The molecule has 0 aromatic heterocycles. The molecule has 0 aliphatic rings. The lowest BCUT2D eigenvalue weighted by atomic mass is 9.97. The Bertz CT molecular complexity index is 920. The summed E-state index contributed by atoms with van der Waals surface area (Å²) in [6.45, 7) is 4.44. The predicted octanol–water partition coefficient (Wildman–Crippen LogP) is 4.99. The van der Waals surface area contributed by atoms with Crippen LogP contribution in [0, 0.1) is 0 Å². The quantitative estimate of drug-likeness (QED) is 0.682. The van der Waals surface area contributed by atoms with Crippen LogP contribution in [0.5, 0.6) is 11.5 Å². The highest BCUT2D eigenvalue weighted by atomic mass is 16.5. The highest BCUT2D eigenvalue weighted by molar-refractivity contribution is 5.96. The first-order chi connectivity index (χ1) is 12.6. The molecule has 0 aliphatic heterocycles. The van der Waals surface area contributed by atoms with Crippen LogP contribution in [0.25, 0.3) is 10.8 Å². The molecule has 134 valence electrons. The first kappa shape index (κ1) is 17.8. The van der Waals surface area contributed by atoms with E-state index in [9.17, 15) is 4.79 Å². The SMILES string of the molecule is CCOc1cccc(NC(=O)[C@@H](C)c2ccc3cc(OC)ccc3c2)c1. The van der Waals surface area contributed by atoms with E-state index in [-0.39, 0.29) is 11.8 Å². The first-order valence-electron chi connectivity index (χ1n) is 8.72. The van der Waals surface area contributed by atoms with Crippen LogP contribution in [0.4, 0.5) is 5.69 Å². The van der Waals surface area contributed by atoms with Crippen LogP contribution in [0.15, 0.2) is 60.7 Å². The number of ether oxygens (including phenoxy) is 2. The molecule has 1 N–H and O–H groups in total. The van der Waals surface area contributed by atoms with Crippen LogP contribution < -0.4 is 14.8 Å². The number of anilines is 1. The number of carbonyl (C=O) groups excluding carboxylic acids is 1. The molecule has 0 spiro atoms. The molecule has 1 amide bonds. The zero-order valence-electron chi connectivity index (χ0n) is 15.3. The third-order valence-corrected chi connectivity index (χ3v) is 4.38. The van der Waals surface area contributed by atoms with Crippen LogP contribution >= 0.6 is 0 Å². The number of amides is 1. The van der Waals surface area contributed by atoms with Crippen LogP contribution in [0.1, 0.15) is 25.3 Å². The monoisotopic (exact) mass is 349 g/mol. The van der Waals surface area contributed by atoms with Gasteiger partial charge in [-0.2, -0.15) is 0 Å². The fourth-order valence-corrected chi connectivity index (χ4v) is 2.87. The summed E-state index contributed by atoms with van der Waals surface area (Å²) in [5.41, 5.74) is 1.71. The average molecular weight is 349 g/mol. The van der Waals surface area contributed by atoms with Gasteiger partial charge in [-0.15, -0.1) is 0 Å². The molecule has 1 atom stereocenters. The Morgan fingerprint density at radius 2 is 1.77 bits per heavy atom. The van der Waals surface area contributed by atoms with Gasteiger partial charge in [0.2, 0.25) is 5.91 Å². The van der Waals surface area contributed by atoms with Gasteiger partial charge in [-0.3, -0.25) is 4.79 Å². The number of nitrogens with one attached hydrogen (secondary N) is 1. The van der Waals surface area contributed by atoms with E-state index in [4.69, 9.17) is 9.47 Å². The Morgan fingerprint density at radius 1 is 1.00 bits per heavy atom. The molecule has 0 aliphatic carbocycles. The third kappa shape index (κ3) is 3.97. The second-order valence-electron chi connectivity index (χ2n) is 6.14. The van der Waals surface area contributed by atoms with E-state index in [1.54, 1.807) is 7.11 Å². The Labute approximate surface area is 153 Å². The van der Waals surface area contributed by atoms with Crippen molar-refractivity contribution >= 4 is 22.4 Å². The molecule has 4 nitrogen and oxygen atoms in total. The molecule has 4 heteroatoms. The van der Waals surface area contributed by atoms with Gasteiger partial charge in [0, 0.05) is 11.8 Å². The van der Waals surface area contributed by atoms with E-state index in [1.807, 2.05) is 68.4 Å². The maximum Gasteiger partial charge on any atom is 0.231 e. The highest BCUT2D eigenvalue weighted by Crippen LogP contribution is 2.26. The predicted molar refractivity (Wildman–Crippen MR) is 105 cm³/mol. The van der Waals surface area contributed by atoms with Crippen molar-refractivity contribution in [2.24, 2.45) is 0 Å². The Kier molecular flexibility index (Phi) is 5.42. The summed E-state index contributed by atoms with van der Waals surface area (Å²) in [7, 11) is 1.66. The standard InChI is InChI=1S/C22H23NO3/c1-4-26-21-7-5-6-19(14-21)23-22(24)15(2)16-8-9-18-13-20(25-3)11-10-17(18)12-16/h5-15H,4H2,1-3H3,(H,23,24)/t15-/m0/s1. The van der Waals surface area contributed by atoms with E-state index in [0.717, 1.165) is 33.5 Å². The highest BCUT2D eigenvalue weighted by Gasteiger charge is 2.16. The van der Waals surface area contributed by atoms with Crippen molar-refractivity contribution in [3.8, 4) is 11.5 Å². The van der Waals surface area contributed by atoms with E-state index in [1.165, 1.54) is 0 Å². The van der Waals surface area contributed by atoms with Gasteiger partial charge in [0.15, 0.2) is 0 Å². The van der Waals surface area contributed by atoms with Gasteiger partial charge < -0.3 is 14.8 Å². The van der Waals surface area contributed by atoms with Crippen LogP contribution in [-0.2, 0) is 4.79 Å². The van der Waals surface area contributed by atoms with Crippen molar-refractivity contribution in [2.45, 2.75) is 19.8 Å². The van der Waals surface area contributed by atoms with Crippen LogP contribution in [0.3, 0.4) is 0 Å². The second-order valence-corrected chi connectivity index (χ2v) is 6.14.